The fourth-order valence-corrected chi connectivity index (χ4v) is 3.16. The van der Waals surface area contributed by atoms with Crippen molar-refractivity contribution in [1.82, 2.24) is 10.3 Å². The summed E-state index contributed by atoms with van der Waals surface area (Å²) >= 11 is 7.35. The van der Waals surface area contributed by atoms with E-state index in [4.69, 9.17) is 11.6 Å². The van der Waals surface area contributed by atoms with E-state index < -0.39 is 6.10 Å². The van der Waals surface area contributed by atoms with Crippen molar-refractivity contribution in [2.75, 3.05) is 0 Å². The first kappa shape index (κ1) is 16.9. The number of rotatable bonds is 6. The fraction of sp³-hybridized carbons (Fsp3) is 0.375. The molecule has 22 heavy (non-hydrogen) atoms. The van der Waals surface area contributed by atoms with Crippen LogP contribution in [-0.2, 0) is 4.79 Å². The molecule has 2 aromatic rings. The van der Waals surface area contributed by atoms with Crippen LogP contribution in [0, 0.1) is 6.92 Å². The van der Waals surface area contributed by atoms with E-state index in [1.54, 1.807) is 24.3 Å². The second-order valence-electron chi connectivity index (χ2n) is 5.13. The third-order valence-corrected chi connectivity index (χ3v) is 4.64. The van der Waals surface area contributed by atoms with Gasteiger partial charge in [0.25, 0.3) is 0 Å². The number of aryl methyl sites for hydroxylation is 1. The molecule has 4 nitrogen and oxygen atoms in total. The number of amides is 1. The molecular weight excluding hydrogens is 320 g/mol. The molecule has 0 aliphatic rings. The molecule has 1 aromatic heterocycles. The molecule has 2 N–H and O–H groups in total. The Bertz CT molecular complexity index is 627. The van der Waals surface area contributed by atoms with E-state index in [0.717, 1.165) is 17.1 Å². The molecule has 6 heteroatoms. The van der Waals surface area contributed by atoms with Gasteiger partial charge in [-0.2, -0.15) is 0 Å². The van der Waals surface area contributed by atoms with Crippen LogP contribution >= 0.6 is 22.9 Å². The van der Waals surface area contributed by atoms with E-state index >= 15 is 0 Å². The summed E-state index contributed by atoms with van der Waals surface area (Å²) in [5.74, 6) is -0.192. The third-order valence-electron chi connectivity index (χ3n) is 3.31. The molecule has 2 atom stereocenters. The molecule has 2 rings (SSSR count). The van der Waals surface area contributed by atoms with E-state index in [1.807, 2.05) is 19.2 Å². The second kappa shape index (κ2) is 7.72. The number of aromatic nitrogens is 1. The van der Waals surface area contributed by atoms with Gasteiger partial charge in [-0.05, 0) is 31.0 Å². The fourth-order valence-electron chi connectivity index (χ4n) is 2.10. The van der Waals surface area contributed by atoms with Crippen molar-refractivity contribution in [3.63, 3.8) is 0 Å². The average molecular weight is 339 g/mol. The highest BCUT2D eigenvalue weighted by molar-refractivity contribution is 7.09. The minimum atomic E-state index is -0.840. The van der Waals surface area contributed by atoms with Gasteiger partial charge in [-0.1, -0.05) is 30.7 Å². The molecule has 118 valence electrons. The molecular formula is C16H19ClN2O2S. The number of halogens is 1. The number of hydrogen-bond acceptors (Lipinski definition) is 4. The summed E-state index contributed by atoms with van der Waals surface area (Å²) in [5, 5.41) is 16.5. The van der Waals surface area contributed by atoms with Crippen molar-refractivity contribution in [1.29, 1.82) is 0 Å². The Hall–Kier alpha value is -1.43. The normalized spacial score (nSPS) is 13.6. The summed E-state index contributed by atoms with van der Waals surface area (Å²) in [4.78, 5) is 16.5. The highest BCUT2D eigenvalue weighted by Gasteiger charge is 2.19. The van der Waals surface area contributed by atoms with Gasteiger partial charge in [-0.3, -0.25) is 4.79 Å². The number of nitrogens with one attached hydrogen (secondary N) is 1. The topological polar surface area (TPSA) is 62.2 Å². The molecule has 0 fully saturated rings. The van der Waals surface area contributed by atoms with Gasteiger partial charge in [0.2, 0.25) is 5.91 Å². The Labute approximate surface area is 139 Å². The highest BCUT2D eigenvalue weighted by Crippen LogP contribution is 2.23. The van der Waals surface area contributed by atoms with Crippen LogP contribution in [0.3, 0.4) is 0 Å². The van der Waals surface area contributed by atoms with Crippen molar-refractivity contribution >= 4 is 28.8 Å². The molecule has 1 aromatic carbocycles. The Morgan fingerprint density at radius 1 is 1.41 bits per heavy atom. The smallest absolute Gasteiger partial charge is 0.223 e. The maximum atomic E-state index is 12.1. The Kier molecular flexibility index (Phi) is 5.94. The molecule has 0 saturated heterocycles. The number of carbonyl (C=O) groups is 1. The van der Waals surface area contributed by atoms with Crippen molar-refractivity contribution in [2.45, 2.75) is 38.8 Å². The lowest BCUT2D eigenvalue weighted by Gasteiger charge is -2.16. The molecule has 2 unspecified atom stereocenters. The van der Waals surface area contributed by atoms with Crippen LogP contribution in [0.15, 0.2) is 29.6 Å². The van der Waals surface area contributed by atoms with Gasteiger partial charge in [0.15, 0.2) is 0 Å². The molecule has 0 radical (unpaired) electrons. The molecule has 0 spiro atoms. The zero-order valence-corrected chi connectivity index (χ0v) is 14.1. The summed E-state index contributed by atoms with van der Waals surface area (Å²) in [5.41, 5.74) is 1.63. The zero-order chi connectivity index (χ0) is 16.1. The zero-order valence-electron chi connectivity index (χ0n) is 12.5. The molecule has 0 aliphatic carbocycles. The average Bonchev–Trinajstić information content (AvgIpc) is 2.91. The van der Waals surface area contributed by atoms with Crippen LogP contribution in [0.25, 0.3) is 0 Å². The molecule has 0 saturated carbocycles. The van der Waals surface area contributed by atoms with E-state index in [9.17, 15) is 9.90 Å². The number of nitrogens with zero attached hydrogens (tertiary/aromatic N) is 1. The maximum absolute atomic E-state index is 12.1. The first-order valence-electron chi connectivity index (χ1n) is 7.14. The van der Waals surface area contributed by atoms with E-state index in [-0.39, 0.29) is 18.4 Å². The number of thiazole rings is 1. The highest BCUT2D eigenvalue weighted by atomic mass is 35.5. The lowest BCUT2D eigenvalue weighted by molar-refractivity contribution is -0.123. The quantitative estimate of drug-likeness (QED) is 0.842. The number of aliphatic hydroxyl groups excluding tert-OH is 1. The largest absolute Gasteiger partial charge is 0.388 e. The van der Waals surface area contributed by atoms with Crippen LogP contribution in [0.5, 0.6) is 0 Å². The number of hydrogen-bond donors (Lipinski definition) is 2. The van der Waals surface area contributed by atoms with Gasteiger partial charge in [-0.15, -0.1) is 11.3 Å². The lowest BCUT2D eigenvalue weighted by Crippen LogP contribution is -2.29. The van der Waals surface area contributed by atoms with Gasteiger partial charge >= 0.3 is 0 Å². The standard InChI is InChI=1S/C16H19ClN2O2S/c1-3-13(16-18-10(2)9-22-16)19-15(21)8-14(20)11-4-6-12(17)7-5-11/h4-7,9,13-14,20H,3,8H2,1-2H3,(H,19,21). The van der Waals surface area contributed by atoms with Gasteiger partial charge in [0.1, 0.15) is 5.01 Å². The van der Waals surface area contributed by atoms with Crippen molar-refractivity contribution in [2.24, 2.45) is 0 Å². The van der Waals surface area contributed by atoms with Crippen molar-refractivity contribution in [3.05, 3.63) is 50.9 Å². The summed E-state index contributed by atoms with van der Waals surface area (Å²) in [7, 11) is 0. The predicted octanol–water partition coefficient (Wildman–Crippen LogP) is 3.80. The Morgan fingerprint density at radius 3 is 2.64 bits per heavy atom. The summed E-state index contributed by atoms with van der Waals surface area (Å²) in [6, 6.07) is 6.74. The van der Waals surface area contributed by atoms with Crippen LogP contribution < -0.4 is 5.32 Å². The van der Waals surface area contributed by atoms with Crippen molar-refractivity contribution < 1.29 is 9.90 Å². The molecule has 0 bridgehead atoms. The number of benzene rings is 1. The SMILES string of the molecule is CCC(NC(=O)CC(O)c1ccc(Cl)cc1)c1nc(C)cs1. The maximum Gasteiger partial charge on any atom is 0.223 e. The Balaban J connectivity index is 1.95. The third kappa shape index (κ3) is 4.53. The van der Waals surface area contributed by atoms with E-state index in [2.05, 4.69) is 10.3 Å². The van der Waals surface area contributed by atoms with Gasteiger partial charge in [0, 0.05) is 16.1 Å². The summed E-state index contributed by atoms with van der Waals surface area (Å²) in [6.45, 7) is 3.93. The first-order valence-corrected chi connectivity index (χ1v) is 8.40. The van der Waals surface area contributed by atoms with E-state index in [1.165, 1.54) is 11.3 Å². The minimum Gasteiger partial charge on any atom is -0.388 e. The molecule has 1 amide bonds. The lowest BCUT2D eigenvalue weighted by atomic mass is 10.1. The number of aliphatic hydroxyl groups is 1. The second-order valence-corrected chi connectivity index (χ2v) is 6.45. The Morgan fingerprint density at radius 2 is 2.09 bits per heavy atom. The summed E-state index contributed by atoms with van der Waals surface area (Å²) < 4.78 is 0. The molecule has 0 aliphatic heterocycles. The van der Waals surface area contributed by atoms with Crippen LogP contribution in [0.2, 0.25) is 5.02 Å². The monoisotopic (exact) mass is 338 g/mol. The van der Waals surface area contributed by atoms with Crippen LogP contribution in [-0.4, -0.2) is 16.0 Å². The predicted molar refractivity (Wildman–Crippen MR) is 89.1 cm³/mol. The number of carbonyl (C=O) groups excluding carboxylic acids is 1. The van der Waals surface area contributed by atoms with Crippen LogP contribution in [0.1, 0.15) is 48.2 Å². The van der Waals surface area contributed by atoms with Gasteiger partial charge in [0.05, 0.1) is 18.6 Å². The van der Waals surface area contributed by atoms with Crippen molar-refractivity contribution in [3.8, 4) is 0 Å². The van der Waals surface area contributed by atoms with Crippen LogP contribution in [0.4, 0.5) is 0 Å². The minimum absolute atomic E-state index is 0.0164. The summed E-state index contributed by atoms with van der Waals surface area (Å²) in [6.07, 6.45) is -0.0640. The molecule has 1 heterocycles. The van der Waals surface area contributed by atoms with Gasteiger partial charge in [-0.25, -0.2) is 4.98 Å². The van der Waals surface area contributed by atoms with Gasteiger partial charge < -0.3 is 10.4 Å². The first-order chi connectivity index (χ1) is 10.5. The van der Waals surface area contributed by atoms with E-state index in [0.29, 0.717) is 10.6 Å².